The van der Waals surface area contributed by atoms with E-state index in [1.54, 1.807) is 12.1 Å². The van der Waals surface area contributed by atoms with Gasteiger partial charge in [-0.05, 0) is 35.7 Å². The molecule has 0 saturated carbocycles. The summed E-state index contributed by atoms with van der Waals surface area (Å²) in [4.78, 5) is 11.4. The number of benzene rings is 2. The molecule has 3 heteroatoms. The average Bonchev–Trinajstić information content (AvgIpc) is 2.59. The molecular weight excluding hydrogens is 276 g/mol. The summed E-state index contributed by atoms with van der Waals surface area (Å²) in [7, 11) is 0. The van der Waals surface area contributed by atoms with E-state index >= 15 is 0 Å². The molecule has 2 rings (SSSR count). The Bertz CT molecular complexity index is 545. The van der Waals surface area contributed by atoms with E-state index in [0.29, 0.717) is 5.56 Å². The van der Waals surface area contributed by atoms with Gasteiger partial charge in [-0.1, -0.05) is 64.1 Å². The summed E-state index contributed by atoms with van der Waals surface area (Å²) in [6.45, 7) is 9.45. The van der Waals surface area contributed by atoms with Crippen LogP contribution in [0.25, 0.3) is 11.1 Å². The third-order valence-corrected chi connectivity index (χ3v) is 2.77. The van der Waals surface area contributed by atoms with Crippen LogP contribution in [0.2, 0.25) is 0 Å². The van der Waals surface area contributed by atoms with E-state index in [1.165, 1.54) is 5.56 Å². The van der Waals surface area contributed by atoms with Crippen LogP contribution in [0.4, 0.5) is 0 Å². The zero-order valence-electron chi connectivity index (χ0n) is 14.1. The average molecular weight is 302 g/mol. The lowest BCUT2D eigenvalue weighted by atomic mass is 10.00. The maximum absolute atomic E-state index is 11.4. The molecule has 0 aromatic heterocycles. The lowest BCUT2D eigenvalue weighted by Crippen LogP contribution is -2.05. The highest BCUT2D eigenvalue weighted by molar-refractivity contribution is 5.90. The van der Waals surface area contributed by atoms with Crippen molar-refractivity contribution in [1.29, 1.82) is 0 Å². The fourth-order valence-corrected chi connectivity index (χ4v) is 1.82. The zero-order valence-corrected chi connectivity index (χ0v) is 14.1. The van der Waals surface area contributed by atoms with Crippen molar-refractivity contribution in [2.24, 2.45) is 0 Å². The first kappa shape index (κ1) is 19.9. The summed E-state index contributed by atoms with van der Waals surface area (Å²) in [5.74, 6) is -0.520. The minimum atomic E-state index is -0.599. The van der Waals surface area contributed by atoms with Crippen LogP contribution in [0.1, 0.15) is 43.6 Å². The largest absolute Gasteiger partial charge is 0.435 e. The lowest BCUT2D eigenvalue weighted by molar-refractivity contribution is 0.00684. The second kappa shape index (κ2) is 11.5. The van der Waals surface area contributed by atoms with Gasteiger partial charge in [0.1, 0.15) is 0 Å². The van der Waals surface area contributed by atoms with E-state index < -0.39 is 12.8 Å². The van der Waals surface area contributed by atoms with Crippen LogP contribution >= 0.6 is 0 Å². The number of hydrogen-bond acceptors (Lipinski definition) is 3. The van der Waals surface area contributed by atoms with Crippen molar-refractivity contribution in [2.45, 2.75) is 34.6 Å². The molecule has 0 bridgehead atoms. The fraction of sp³-hybridized carbons (Fsp3) is 0.316. The first-order valence-corrected chi connectivity index (χ1v) is 7.66. The third-order valence-electron chi connectivity index (χ3n) is 2.77. The van der Waals surface area contributed by atoms with Crippen molar-refractivity contribution in [2.75, 3.05) is 6.79 Å². The smallest absolute Gasteiger partial charge is 0.340 e. The van der Waals surface area contributed by atoms with Gasteiger partial charge in [0.2, 0.25) is 0 Å². The Morgan fingerprint density at radius 3 is 2.00 bits per heavy atom. The number of hydrogen-bond donors (Lipinski definition) is 1. The second-order valence-corrected chi connectivity index (χ2v) is 3.95. The summed E-state index contributed by atoms with van der Waals surface area (Å²) >= 11 is 0. The maximum atomic E-state index is 11.4. The van der Waals surface area contributed by atoms with E-state index in [9.17, 15) is 4.79 Å². The van der Waals surface area contributed by atoms with Crippen LogP contribution in [0.3, 0.4) is 0 Å². The van der Waals surface area contributed by atoms with Crippen molar-refractivity contribution < 1.29 is 14.6 Å². The number of ether oxygens (including phenoxy) is 1. The molecule has 2 aromatic rings. The Hall–Kier alpha value is -2.13. The van der Waals surface area contributed by atoms with E-state index in [0.717, 1.165) is 11.1 Å². The molecule has 0 spiro atoms. The van der Waals surface area contributed by atoms with Crippen LogP contribution < -0.4 is 0 Å². The number of carbonyl (C=O) groups is 1. The Balaban J connectivity index is 0.00000102. The molecule has 0 aliphatic heterocycles. The Morgan fingerprint density at radius 2 is 1.50 bits per heavy atom. The van der Waals surface area contributed by atoms with Gasteiger partial charge in [0.05, 0.1) is 5.56 Å². The van der Waals surface area contributed by atoms with Crippen LogP contribution in [0.5, 0.6) is 0 Å². The zero-order chi connectivity index (χ0) is 17.0. The standard InChI is InChI=1S/C15H14O3.2C2H6/c1-11-4-2-3-5-14(11)12-6-8-13(9-7-12)15(17)18-10-16;2*1-2/h2-9,16H,10H2,1H3;2*1-2H3. The minimum Gasteiger partial charge on any atom is -0.435 e. The van der Waals surface area contributed by atoms with Crippen LogP contribution in [0.15, 0.2) is 48.5 Å². The Labute approximate surface area is 133 Å². The van der Waals surface area contributed by atoms with Crippen LogP contribution in [0, 0.1) is 6.92 Å². The highest BCUT2D eigenvalue weighted by Gasteiger charge is 2.07. The van der Waals surface area contributed by atoms with Crippen molar-refractivity contribution in [3.8, 4) is 11.1 Å². The molecule has 120 valence electrons. The maximum Gasteiger partial charge on any atom is 0.340 e. The molecular formula is C19H26O3. The molecule has 0 atom stereocenters. The number of carbonyl (C=O) groups excluding carboxylic acids is 1. The van der Waals surface area contributed by atoms with Crippen LogP contribution in [-0.2, 0) is 4.74 Å². The topological polar surface area (TPSA) is 46.5 Å². The molecule has 1 N–H and O–H groups in total. The third kappa shape index (κ3) is 5.70. The van der Waals surface area contributed by atoms with Gasteiger partial charge in [-0.25, -0.2) is 4.79 Å². The number of rotatable bonds is 3. The van der Waals surface area contributed by atoms with Crippen molar-refractivity contribution in [3.63, 3.8) is 0 Å². The molecule has 22 heavy (non-hydrogen) atoms. The quantitative estimate of drug-likeness (QED) is 0.653. The molecule has 0 saturated heterocycles. The predicted molar refractivity (Wildman–Crippen MR) is 91.8 cm³/mol. The Kier molecular flexibility index (Phi) is 10.4. The Morgan fingerprint density at radius 1 is 0.955 bits per heavy atom. The summed E-state index contributed by atoms with van der Waals surface area (Å²) in [5.41, 5.74) is 3.80. The second-order valence-electron chi connectivity index (χ2n) is 3.95. The first-order valence-electron chi connectivity index (χ1n) is 7.66. The summed E-state index contributed by atoms with van der Waals surface area (Å²) < 4.78 is 4.51. The van der Waals surface area contributed by atoms with Gasteiger partial charge >= 0.3 is 5.97 Å². The molecule has 0 aliphatic carbocycles. The molecule has 0 aliphatic rings. The lowest BCUT2D eigenvalue weighted by Gasteiger charge is -2.06. The number of aliphatic hydroxyl groups is 1. The van der Waals surface area contributed by atoms with E-state index in [4.69, 9.17) is 5.11 Å². The molecule has 3 nitrogen and oxygen atoms in total. The number of aryl methyl sites for hydroxylation is 1. The normalized spacial score (nSPS) is 8.82. The molecule has 0 fully saturated rings. The predicted octanol–water partition coefficient (Wildman–Crippen LogP) is 4.82. The summed E-state index contributed by atoms with van der Waals surface area (Å²) in [6.07, 6.45) is 0. The van der Waals surface area contributed by atoms with Gasteiger partial charge < -0.3 is 9.84 Å². The number of esters is 1. The fourth-order valence-electron chi connectivity index (χ4n) is 1.82. The summed E-state index contributed by atoms with van der Waals surface area (Å²) in [6, 6.07) is 15.2. The molecule has 0 radical (unpaired) electrons. The first-order chi connectivity index (χ1) is 10.7. The van der Waals surface area contributed by atoms with E-state index in [-0.39, 0.29) is 0 Å². The van der Waals surface area contributed by atoms with E-state index in [2.05, 4.69) is 4.74 Å². The molecule has 0 unspecified atom stereocenters. The van der Waals surface area contributed by atoms with Gasteiger partial charge in [0.15, 0.2) is 6.79 Å². The highest BCUT2D eigenvalue weighted by atomic mass is 16.6. The van der Waals surface area contributed by atoms with Crippen molar-refractivity contribution in [1.82, 2.24) is 0 Å². The number of aliphatic hydroxyl groups excluding tert-OH is 1. The minimum absolute atomic E-state index is 0.432. The highest BCUT2D eigenvalue weighted by Crippen LogP contribution is 2.23. The monoisotopic (exact) mass is 302 g/mol. The van der Waals surface area contributed by atoms with Crippen LogP contribution in [-0.4, -0.2) is 17.9 Å². The molecule has 0 amide bonds. The van der Waals surface area contributed by atoms with Gasteiger partial charge in [-0.15, -0.1) is 0 Å². The van der Waals surface area contributed by atoms with E-state index in [1.807, 2.05) is 71.0 Å². The molecule has 0 heterocycles. The van der Waals surface area contributed by atoms with Crippen molar-refractivity contribution in [3.05, 3.63) is 59.7 Å². The van der Waals surface area contributed by atoms with Gasteiger partial charge in [-0.3, -0.25) is 0 Å². The van der Waals surface area contributed by atoms with Crippen molar-refractivity contribution >= 4 is 5.97 Å². The van der Waals surface area contributed by atoms with Gasteiger partial charge in [0, 0.05) is 0 Å². The molecule has 2 aromatic carbocycles. The van der Waals surface area contributed by atoms with Gasteiger partial charge in [0.25, 0.3) is 0 Å². The van der Waals surface area contributed by atoms with Gasteiger partial charge in [-0.2, -0.15) is 0 Å². The SMILES string of the molecule is CC.CC.Cc1ccccc1-c1ccc(C(=O)OCO)cc1. The summed E-state index contributed by atoms with van der Waals surface area (Å²) in [5, 5.41) is 8.52.